The highest BCUT2D eigenvalue weighted by molar-refractivity contribution is 5.95. The number of likely N-dealkylation sites (tertiary alicyclic amines) is 1. The summed E-state index contributed by atoms with van der Waals surface area (Å²) in [7, 11) is 1.36. The minimum atomic E-state index is -2.95. The van der Waals surface area contributed by atoms with Crippen molar-refractivity contribution in [2.75, 3.05) is 20.2 Å². The van der Waals surface area contributed by atoms with Gasteiger partial charge in [0.15, 0.2) is 0 Å². The van der Waals surface area contributed by atoms with E-state index in [0.29, 0.717) is 25.9 Å². The molecule has 2 aromatic rings. The third kappa shape index (κ3) is 3.98. The fraction of sp³-hybridized carbons (Fsp3) is 0.333. The molecule has 0 radical (unpaired) electrons. The topological polar surface area (TPSA) is 55.8 Å². The zero-order chi connectivity index (χ0) is 20.1. The molecule has 1 heterocycles. The molecular formula is C21H21F2NO4. The second-order valence-corrected chi connectivity index (χ2v) is 6.64. The number of alkyl halides is 2. The van der Waals surface area contributed by atoms with Gasteiger partial charge in [-0.1, -0.05) is 36.4 Å². The van der Waals surface area contributed by atoms with Crippen LogP contribution in [0.15, 0.2) is 54.6 Å². The van der Waals surface area contributed by atoms with Crippen LogP contribution in [0.5, 0.6) is 5.75 Å². The molecule has 0 bridgehead atoms. The number of hydrogen-bond acceptors (Lipinski definition) is 4. The smallest absolute Gasteiger partial charge is 0.387 e. The van der Waals surface area contributed by atoms with Crippen LogP contribution in [0.25, 0.3) is 0 Å². The first-order valence-corrected chi connectivity index (χ1v) is 8.94. The van der Waals surface area contributed by atoms with E-state index in [1.54, 1.807) is 11.0 Å². The summed E-state index contributed by atoms with van der Waals surface area (Å²) in [6.07, 6.45) is 0.839. The Kier molecular flexibility index (Phi) is 5.92. The maximum atomic E-state index is 12.8. The Morgan fingerprint density at radius 3 is 2.32 bits per heavy atom. The molecule has 3 rings (SSSR count). The molecule has 2 aromatic carbocycles. The Morgan fingerprint density at radius 2 is 1.71 bits per heavy atom. The Labute approximate surface area is 161 Å². The standard InChI is InChI=1S/C21H21F2NO4/c1-27-19(26)21(16-7-3-2-4-8-16)10-12-24(13-11-21)18(25)15-6-5-9-17(14-15)28-20(22)23/h2-9,14,20H,10-13H2,1H3. The molecule has 1 amide bonds. The van der Waals surface area contributed by atoms with Crippen LogP contribution in [0.4, 0.5) is 8.78 Å². The number of carbonyl (C=O) groups is 2. The average Bonchev–Trinajstić information content (AvgIpc) is 2.73. The summed E-state index contributed by atoms with van der Waals surface area (Å²) in [6.45, 7) is -2.25. The molecule has 28 heavy (non-hydrogen) atoms. The predicted molar refractivity (Wildman–Crippen MR) is 98.3 cm³/mol. The molecule has 1 aliphatic rings. The first kappa shape index (κ1) is 19.8. The quantitative estimate of drug-likeness (QED) is 0.733. The summed E-state index contributed by atoms with van der Waals surface area (Å²) in [6, 6.07) is 15.1. The van der Waals surface area contributed by atoms with Crippen molar-refractivity contribution in [3.8, 4) is 5.75 Å². The lowest BCUT2D eigenvalue weighted by Gasteiger charge is -2.40. The molecule has 0 atom stereocenters. The minimum absolute atomic E-state index is 0.0638. The number of piperidine rings is 1. The van der Waals surface area contributed by atoms with E-state index in [4.69, 9.17) is 4.74 Å². The fourth-order valence-corrected chi connectivity index (χ4v) is 3.64. The average molecular weight is 389 g/mol. The Balaban J connectivity index is 1.76. The van der Waals surface area contributed by atoms with Gasteiger partial charge in [-0.05, 0) is 36.6 Å². The summed E-state index contributed by atoms with van der Waals surface area (Å²) in [5.41, 5.74) is 0.331. The van der Waals surface area contributed by atoms with Gasteiger partial charge in [-0.15, -0.1) is 0 Å². The highest BCUT2D eigenvalue weighted by Gasteiger charge is 2.44. The van der Waals surface area contributed by atoms with Gasteiger partial charge < -0.3 is 14.4 Å². The number of ether oxygens (including phenoxy) is 2. The molecule has 5 nitrogen and oxygen atoms in total. The fourth-order valence-electron chi connectivity index (χ4n) is 3.64. The molecule has 1 saturated heterocycles. The lowest BCUT2D eigenvalue weighted by Crippen LogP contribution is -2.49. The molecule has 1 aliphatic heterocycles. The van der Waals surface area contributed by atoms with Crippen molar-refractivity contribution in [1.29, 1.82) is 0 Å². The van der Waals surface area contributed by atoms with Gasteiger partial charge in [-0.25, -0.2) is 0 Å². The van der Waals surface area contributed by atoms with Crippen molar-refractivity contribution in [3.63, 3.8) is 0 Å². The number of halogens is 2. The Morgan fingerprint density at radius 1 is 1.04 bits per heavy atom. The summed E-state index contributed by atoms with van der Waals surface area (Å²) >= 11 is 0. The molecule has 0 unspecified atom stereocenters. The highest BCUT2D eigenvalue weighted by Crippen LogP contribution is 2.37. The van der Waals surface area contributed by atoms with Crippen molar-refractivity contribution < 1.29 is 27.8 Å². The zero-order valence-corrected chi connectivity index (χ0v) is 15.4. The van der Waals surface area contributed by atoms with Crippen LogP contribution in [0.3, 0.4) is 0 Å². The molecule has 1 fully saturated rings. The van der Waals surface area contributed by atoms with E-state index in [0.717, 1.165) is 5.56 Å². The van der Waals surface area contributed by atoms with Crippen LogP contribution in [0.2, 0.25) is 0 Å². The predicted octanol–water partition coefficient (Wildman–Crippen LogP) is 3.64. The first-order valence-electron chi connectivity index (χ1n) is 8.94. The Bertz CT molecular complexity index is 833. The molecule has 0 saturated carbocycles. The molecule has 0 aromatic heterocycles. The van der Waals surface area contributed by atoms with E-state index in [1.165, 1.54) is 25.3 Å². The van der Waals surface area contributed by atoms with E-state index in [-0.39, 0.29) is 23.2 Å². The molecule has 0 spiro atoms. The van der Waals surface area contributed by atoms with Crippen LogP contribution >= 0.6 is 0 Å². The van der Waals surface area contributed by atoms with Crippen molar-refractivity contribution in [3.05, 3.63) is 65.7 Å². The Hall–Kier alpha value is -2.96. The van der Waals surface area contributed by atoms with E-state index in [2.05, 4.69) is 4.74 Å². The SMILES string of the molecule is COC(=O)C1(c2ccccc2)CCN(C(=O)c2cccc(OC(F)F)c2)CC1. The highest BCUT2D eigenvalue weighted by atomic mass is 19.3. The van der Waals surface area contributed by atoms with E-state index < -0.39 is 12.0 Å². The lowest BCUT2D eigenvalue weighted by atomic mass is 9.72. The summed E-state index contributed by atoms with van der Waals surface area (Å²) in [5, 5.41) is 0. The maximum Gasteiger partial charge on any atom is 0.387 e. The largest absolute Gasteiger partial charge is 0.468 e. The van der Waals surface area contributed by atoms with Gasteiger partial charge in [-0.3, -0.25) is 9.59 Å². The van der Waals surface area contributed by atoms with Crippen molar-refractivity contribution in [2.45, 2.75) is 24.9 Å². The zero-order valence-electron chi connectivity index (χ0n) is 15.4. The third-order valence-electron chi connectivity index (χ3n) is 5.11. The van der Waals surface area contributed by atoms with Gasteiger partial charge >= 0.3 is 12.6 Å². The number of methoxy groups -OCH3 is 1. The summed E-state index contributed by atoms with van der Waals surface area (Å²) in [4.78, 5) is 27.0. The molecular weight excluding hydrogens is 368 g/mol. The monoisotopic (exact) mass is 389 g/mol. The lowest BCUT2D eigenvalue weighted by molar-refractivity contribution is -0.149. The van der Waals surface area contributed by atoms with Crippen molar-refractivity contribution in [1.82, 2.24) is 4.90 Å². The van der Waals surface area contributed by atoms with E-state index >= 15 is 0 Å². The second kappa shape index (κ2) is 8.37. The number of esters is 1. The minimum Gasteiger partial charge on any atom is -0.468 e. The summed E-state index contributed by atoms with van der Waals surface area (Å²) in [5.74, 6) is -0.671. The number of benzene rings is 2. The second-order valence-electron chi connectivity index (χ2n) is 6.64. The van der Waals surface area contributed by atoms with Crippen LogP contribution in [-0.4, -0.2) is 43.6 Å². The molecule has 0 aliphatic carbocycles. The van der Waals surface area contributed by atoms with Gasteiger partial charge in [0.2, 0.25) is 0 Å². The number of carbonyl (C=O) groups excluding carboxylic acids is 2. The van der Waals surface area contributed by atoms with Crippen molar-refractivity contribution in [2.24, 2.45) is 0 Å². The van der Waals surface area contributed by atoms with Gasteiger partial charge in [0.05, 0.1) is 12.5 Å². The van der Waals surface area contributed by atoms with Gasteiger partial charge in [0, 0.05) is 18.7 Å². The third-order valence-corrected chi connectivity index (χ3v) is 5.11. The molecule has 148 valence electrons. The van der Waals surface area contributed by atoms with Crippen LogP contribution in [0, 0.1) is 0 Å². The first-order chi connectivity index (χ1) is 13.5. The molecule has 7 heteroatoms. The normalized spacial score (nSPS) is 15.9. The number of amides is 1. The van der Waals surface area contributed by atoms with Crippen LogP contribution < -0.4 is 4.74 Å². The van der Waals surface area contributed by atoms with Gasteiger partial charge in [0.1, 0.15) is 5.75 Å². The van der Waals surface area contributed by atoms with Crippen molar-refractivity contribution >= 4 is 11.9 Å². The van der Waals surface area contributed by atoms with Gasteiger partial charge in [0.25, 0.3) is 5.91 Å². The number of rotatable bonds is 5. The van der Waals surface area contributed by atoms with Gasteiger partial charge in [-0.2, -0.15) is 8.78 Å². The van der Waals surface area contributed by atoms with Crippen LogP contribution in [-0.2, 0) is 14.9 Å². The number of nitrogens with zero attached hydrogens (tertiary/aromatic N) is 1. The van der Waals surface area contributed by atoms with E-state index in [1.807, 2.05) is 30.3 Å². The molecule has 0 N–H and O–H groups in total. The van der Waals surface area contributed by atoms with Crippen LogP contribution in [0.1, 0.15) is 28.8 Å². The summed E-state index contributed by atoms with van der Waals surface area (Å²) < 4.78 is 34.2. The number of hydrogen-bond donors (Lipinski definition) is 0. The van der Waals surface area contributed by atoms with E-state index in [9.17, 15) is 18.4 Å². The maximum absolute atomic E-state index is 12.8.